The van der Waals surface area contributed by atoms with Gasteiger partial charge in [0, 0.05) is 0 Å². The normalized spacial score (nSPS) is 12.3. The van der Waals surface area contributed by atoms with Crippen molar-refractivity contribution in [1.29, 1.82) is 0 Å². The summed E-state index contributed by atoms with van der Waals surface area (Å²) in [7, 11) is -3.97. The first-order valence-corrected chi connectivity index (χ1v) is 11.3. The zero-order valence-corrected chi connectivity index (χ0v) is 18.5. The smallest absolute Gasteiger partial charge is 0.264 e. The Labute approximate surface area is 182 Å². The molecule has 7 heteroatoms. The van der Waals surface area contributed by atoms with Crippen LogP contribution >= 0.6 is 0 Å². The van der Waals surface area contributed by atoms with E-state index in [9.17, 15) is 17.6 Å². The van der Waals surface area contributed by atoms with Gasteiger partial charge in [0.25, 0.3) is 10.0 Å². The highest BCUT2D eigenvalue weighted by Crippen LogP contribution is 2.25. The Hall–Kier alpha value is -3.19. The predicted molar refractivity (Wildman–Crippen MR) is 120 cm³/mol. The summed E-state index contributed by atoms with van der Waals surface area (Å²) in [5.74, 6) is -0.828. The monoisotopic (exact) mass is 440 g/mol. The number of carbonyl (C=O) groups is 1. The maximum Gasteiger partial charge on any atom is 0.264 e. The van der Waals surface area contributed by atoms with E-state index in [1.54, 1.807) is 49.4 Å². The van der Waals surface area contributed by atoms with Gasteiger partial charge < -0.3 is 5.32 Å². The lowest BCUT2D eigenvalue weighted by molar-refractivity contribution is -0.120. The quantitative estimate of drug-likeness (QED) is 0.588. The molecule has 0 radical (unpaired) electrons. The molecule has 0 bridgehead atoms. The molecular formula is C24H25FN2O3S. The van der Waals surface area contributed by atoms with Gasteiger partial charge in [0.05, 0.1) is 16.6 Å². The summed E-state index contributed by atoms with van der Waals surface area (Å²) in [6.07, 6.45) is 0. The molecule has 1 N–H and O–H groups in total. The van der Waals surface area contributed by atoms with Crippen molar-refractivity contribution in [2.45, 2.75) is 31.7 Å². The van der Waals surface area contributed by atoms with Gasteiger partial charge in [-0.1, -0.05) is 42.0 Å². The molecule has 3 aromatic rings. The highest BCUT2D eigenvalue weighted by Gasteiger charge is 2.27. The summed E-state index contributed by atoms with van der Waals surface area (Å²) >= 11 is 0. The topological polar surface area (TPSA) is 66.5 Å². The van der Waals surface area contributed by atoms with Crippen molar-refractivity contribution >= 4 is 21.6 Å². The van der Waals surface area contributed by atoms with E-state index in [1.807, 2.05) is 19.9 Å². The van der Waals surface area contributed by atoms with Gasteiger partial charge >= 0.3 is 0 Å². The van der Waals surface area contributed by atoms with Gasteiger partial charge in [0.2, 0.25) is 5.91 Å². The molecule has 0 spiro atoms. The molecule has 0 saturated heterocycles. The molecule has 3 aromatic carbocycles. The van der Waals surface area contributed by atoms with Gasteiger partial charge in [-0.3, -0.25) is 9.10 Å². The number of benzene rings is 3. The molecule has 0 aliphatic carbocycles. The maximum atomic E-state index is 13.4. The van der Waals surface area contributed by atoms with Crippen molar-refractivity contribution in [3.63, 3.8) is 0 Å². The highest BCUT2D eigenvalue weighted by atomic mass is 32.2. The van der Waals surface area contributed by atoms with Crippen LogP contribution in [0.3, 0.4) is 0 Å². The minimum absolute atomic E-state index is 0.110. The van der Waals surface area contributed by atoms with Gasteiger partial charge in [0.15, 0.2) is 0 Å². The van der Waals surface area contributed by atoms with Crippen LogP contribution in [0.25, 0.3) is 0 Å². The highest BCUT2D eigenvalue weighted by molar-refractivity contribution is 7.92. The number of hydrogen-bond acceptors (Lipinski definition) is 3. The number of hydrogen-bond donors (Lipinski definition) is 1. The Kier molecular flexibility index (Phi) is 6.75. The summed E-state index contributed by atoms with van der Waals surface area (Å²) in [4.78, 5) is 12.9. The van der Waals surface area contributed by atoms with Crippen molar-refractivity contribution in [3.05, 3.63) is 95.3 Å². The minimum atomic E-state index is -3.97. The maximum absolute atomic E-state index is 13.4. The molecule has 3 rings (SSSR count). The van der Waals surface area contributed by atoms with Crippen LogP contribution in [-0.2, 0) is 14.8 Å². The van der Waals surface area contributed by atoms with Crippen molar-refractivity contribution < 1.29 is 17.6 Å². The SMILES string of the molecule is Cc1ccc(S(=O)(=O)N(CC(=O)N[C@@H](C)c2ccc(F)cc2)c2cccc(C)c2)cc1. The van der Waals surface area contributed by atoms with E-state index in [2.05, 4.69) is 5.32 Å². The van der Waals surface area contributed by atoms with Crippen LogP contribution in [0.5, 0.6) is 0 Å². The van der Waals surface area contributed by atoms with E-state index < -0.39 is 22.0 Å². The van der Waals surface area contributed by atoms with Crippen LogP contribution in [-0.4, -0.2) is 20.9 Å². The van der Waals surface area contributed by atoms with Crippen LogP contribution in [0, 0.1) is 19.7 Å². The molecule has 0 saturated carbocycles. The summed E-state index contributed by atoms with van der Waals surface area (Å²) in [6.45, 7) is 5.11. The van der Waals surface area contributed by atoms with E-state index >= 15 is 0 Å². The van der Waals surface area contributed by atoms with Gasteiger partial charge in [0.1, 0.15) is 12.4 Å². The molecule has 1 amide bonds. The number of nitrogens with zero attached hydrogens (tertiary/aromatic N) is 1. The standard InChI is InChI=1S/C24H25FN2O3S/c1-17-7-13-23(14-8-17)31(29,30)27(22-6-4-5-18(2)15-22)16-24(28)26-19(3)20-9-11-21(25)12-10-20/h4-15,19H,16H2,1-3H3,(H,26,28)/t19-/m0/s1. The third-order valence-electron chi connectivity index (χ3n) is 4.93. The number of nitrogens with one attached hydrogen (secondary N) is 1. The Morgan fingerprint density at radius 2 is 1.61 bits per heavy atom. The number of amides is 1. The third kappa shape index (κ3) is 5.49. The van der Waals surface area contributed by atoms with Crippen LogP contribution in [0.1, 0.15) is 29.7 Å². The van der Waals surface area contributed by atoms with Gasteiger partial charge in [-0.15, -0.1) is 0 Å². The number of carbonyl (C=O) groups excluding carboxylic acids is 1. The Morgan fingerprint density at radius 1 is 0.968 bits per heavy atom. The summed E-state index contributed by atoms with van der Waals surface area (Å²) < 4.78 is 41.0. The molecule has 0 aromatic heterocycles. The summed E-state index contributed by atoms with van der Waals surface area (Å²) in [6, 6.07) is 18.9. The molecule has 162 valence electrons. The van der Waals surface area contributed by atoms with E-state index in [0.29, 0.717) is 5.69 Å². The Morgan fingerprint density at radius 3 is 2.23 bits per heavy atom. The fourth-order valence-corrected chi connectivity index (χ4v) is 4.60. The molecule has 5 nitrogen and oxygen atoms in total. The van der Waals surface area contributed by atoms with Gasteiger partial charge in [-0.05, 0) is 68.3 Å². The average molecular weight is 441 g/mol. The number of rotatable bonds is 7. The Bertz CT molecular complexity index is 1160. The van der Waals surface area contributed by atoms with E-state index in [1.165, 1.54) is 24.3 Å². The summed E-state index contributed by atoms with van der Waals surface area (Å²) in [5.41, 5.74) is 2.94. The second kappa shape index (κ2) is 9.31. The second-order valence-corrected chi connectivity index (χ2v) is 9.37. The largest absolute Gasteiger partial charge is 0.348 e. The van der Waals surface area contributed by atoms with Crippen molar-refractivity contribution in [3.8, 4) is 0 Å². The molecule has 0 aliphatic heterocycles. The molecular weight excluding hydrogens is 415 g/mol. The number of halogens is 1. The van der Waals surface area contributed by atoms with Crippen LogP contribution in [0.2, 0.25) is 0 Å². The van der Waals surface area contributed by atoms with Crippen molar-refractivity contribution in [2.24, 2.45) is 0 Å². The first kappa shape index (κ1) is 22.5. The lowest BCUT2D eigenvalue weighted by Crippen LogP contribution is -2.41. The van der Waals surface area contributed by atoms with E-state index in [4.69, 9.17) is 0 Å². The van der Waals surface area contributed by atoms with E-state index in [0.717, 1.165) is 21.0 Å². The molecule has 31 heavy (non-hydrogen) atoms. The lowest BCUT2D eigenvalue weighted by Gasteiger charge is -2.25. The fourth-order valence-electron chi connectivity index (χ4n) is 3.19. The van der Waals surface area contributed by atoms with Gasteiger partial charge in [-0.25, -0.2) is 12.8 Å². The zero-order valence-electron chi connectivity index (χ0n) is 17.7. The molecule has 0 heterocycles. The van der Waals surface area contributed by atoms with Gasteiger partial charge in [-0.2, -0.15) is 0 Å². The third-order valence-corrected chi connectivity index (χ3v) is 6.72. The van der Waals surface area contributed by atoms with E-state index in [-0.39, 0.29) is 17.3 Å². The molecule has 0 unspecified atom stereocenters. The number of aryl methyl sites for hydroxylation is 2. The first-order valence-electron chi connectivity index (χ1n) is 9.88. The lowest BCUT2D eigenvalue weighted by atomic mass is 10.1. The summed E-state index contributed by atoms with van der Waals surface area (Å²) in [5, 5.41) is 2.80. The molecule has 0 aliphatic rings. The van der Waals surface area contributed by atoms with Crippen LogP contribution < -0.4 is 9.62 Å². The fraction of sp³-hybridized carbons (Fsp3) is 0.208. The Balaban J connectivity index is 1.89. The second-order valence-electron chi connectivity index (χ2n) is 7.50. The van der Waals surface area contributed by atoms with Crippen molar-refractivity contribution in [1.82, 2.24) is 5.32 Å². The first-order chi connectivity index (χ1) is 14.7. The minimum Gasteiger partial charge on any atom is -0.348 e. The molecule has 0 fully saturated rings. The molecule has 1 atom stereocenters. The predicted octanol–water partition coefficient (Wildman–Crippen LogP) is 4.52. The average Bonchev–Trinajstić information content (AvgIpc) is 2.72. The number of sulfonamides is 1. The zero-order chi connectivity index (χ0) is 22.6. The van der Waals surface area contributed by atoms with Crippen LogP contribution in [0.15, 0.2) is 77.7 Å². The number of anilines is 1. The van der Waals surface area contributed by atoms with Crippen LogP contribution in [0.4, 0.5) is 10.1 Å². The van der Waals surface area contributed by atoms with Crippen molar-refractivity contribution in [2.75, 3.05) is 10.8 Å².